The zero-order valence-electron chi connectivity index (χ0n) is 12.1. The van der Waals surface area contributed by atoms with Gasteiger partial charge >= 0.3 is 0 Å². The van der Waals surface area contributed by atoms with Gasteiger partial charge in [-0.25, -0.2) is 12.8 Å². The van der Waals surface area contributed by atoms with Crippen molar-refractivity contribution in [3.8, 4) is 0 Å². The summed E-state index contributed by atoms with van der Waals surface area (Å²) in [5.74, 6) is 0.599. The van der Waals surface area contributed by atoms with Gasteiger partial charge in [0.05, 0.1) is 11.5 Å². The number of nitrogens with one attached hydrogen (secondary N) is 1. The lowest BCUT2D eigenvalue weighted by atomic mass is 9.94. The van der Waals surface area contributed by atoms with E-state index in [2.05, 4.69) is 21.2 Å². The summed E-state index contributed by atoms with van der Waals surface area (Å²) in [5, 5.41) is 3.42. The molecule has 118 valence electrons. The van der Waals surface area contributed by atoms with Crippen LogP contribution in [-0.2, 0) is 16.3 Å². The number of hydrogen-bond donors (Lipinski definition) is 1. The zero-order valence-corrected chi connectivity index (χ0v) is 14.5. The van der Waals surface area contributed by atoms with E-state index in [0.29, 0.717) is 11.5 Å². The Morgan fingerprint density at radius 3 is 2.81 bits per heavy atom. The van der Waals surface area contributed by atoms with Crippen LogP contribution in [0.2, 0.25) is 0 Å². The number of hydrogen-bond acceptors (Lipinski definition) is 3. The van der Waals surface area contributed by atoms with Gasteiger partial charge in [0.25, 0.3) is 0 Å². The maximum Gasteiger partial charge on any atom is 0.150 e. The lowest BCUT2D eigenvalue weighted by Gasteiger charge is -2.21. The van der Waals surface area contributed by atoms with Crippen LogP contribution in [0.1, 0.15) is 25.3 Å². The van der Waals surface area contributed by atoms with Gasteiger partial charge in [-0.05, 0) is 49.4 Å². The summed E-state index contributed by atoms with van der Waals surface area (Å²) in [6.07, 6.45) is 2.37. The van der Waals surface area contributed by atoms with E-state index in [1.165, 1.54) is 12.1 Å². The van der Waals surface area contributed by atoms with Crippen LogP contribution >= 0.6 is 15.9 Å². The van der Waals surface area contributed by atoms with Crippen molar-refractivity contribution in [1.82, 2.24) is 5.32 Å². The van der Waals surface area contributed by atoms with Crippen molar-refractivity contribution in [3.05, 3.63) is 34.1 Å². The average molecular weight is 378 g/mol. The average Bonchev–Trinajstić information content (AvgIpc) is 2.72. The lowest BCUT2D eigenvalue weighted by molar-refractivity contribution is 0.408. The fraction of sp³-hybridized carbons (Fsp3) is 0.600. The van der Waals surface area contributed by atoms with E-state index in [1.54, 1.807) is 6.07 Å². The molecule has 2 rings (SSSR count). The summed E-state index contributed by atoms with van der Waals surface area (Å²) in [7, 11) is -2.83. The molecule has 1 aromatic rings. The van der Waals surface area contributed by atoms with Crippen molar-refractivity contribution in [2.45, 2.75) is 32.2 Å². The van der Waals surface area contributed by atoms with E-state index >= 15 is 0 Å². The first-order valence-corrected chi connectivity index (χ1v) is 9.89. The molecular formula is C15H21BrFNO2S. The molecule has 1 saturated heterocycles. The van der Waals surface area contributed by atoms with Gasteiger partial charge in [-0.15, -0.1) is 0 Å². The van der Waals surface area contributed by atoms with Crippen LogP contribution in [0.3, 0.4) is 0 Å². The van der Waals surface area contributed by atoms with Gasteiger partial charge in [0, 0.05) is 10.5 Å². The molecule has 0 spiro atoms. The van der Waals surface area contributed by atoms with Crippen LogP contribution in [0.4, 0.5) is 4.39 Å². The van der Waals surface area contributed by atoms with Crippen LogP contribution < -0.4 is 5.32 Å². The van der Waals surface area contributed by atoms with Crippen molar-refractivity contribution in [1.29, 1.82) is 0 Å². The Balaban J connectivity index is 2.02. The van der Waals surface area contributed by atoms with Crippen LogP contribution in [0.25, 0.3) is 0 Å². The maximum absolute atomic E-state index is 13.1. The van der Waals surface area contributed by atoms with Gasteiger partial charge < -0.3 is 5.32 Å². The normalized spacial score (nSPS) is 22.3. The van der Waals surface area contributed by atoms with Gasteiger partial charge in [0.1, 0.15) is 5.82 Å². The lowest BCUT2D eigenvalue weighted by Crippen LogP contribution is -2.33. The number of rotatable bonds is 6. The van der Waals surface area contributed by atoms with Gasteiger partial charge in [-0.2, -0.15) is 0 Å². The van der Waals surface area contributed by atoms with Crippen molar-refractivity contribution in [2.24, 2.45) is 5.92 Å². The molecule has 0 radical (unpaired) electrons. The second-order valence-corrected chi connectivity index (χ2v) is 8.78. The SMILES string of the molecule is CCNC(Cc1ccc(F)cc1Br)CC1CCS(=O)(=O)C1. The van der Waals surface area contributed by atoms with Crippen LogP contribution in [0, 0.1) is 11.7 Å². The van der Waals surface area contributed by atoms with Gasteiger partial charge in [-0.3, -0.25) is 0 Å². The Morgan fingerprint density at radius 2 is 2.24 bits per heavy atom. The monoisotopic (exact) mass is 377 g/mol. The quantitative estimate of drug-likeness (QED) is 0.828. The Kier molecular flexibility index (Phi) is 5.80. The second-order valence-electron chi connectivity index (χ2n) is 5.70. The van der Waals surface area contributed by atoms with Crippen molar-refractivity contribution in [2.75, 3.05) is 18.1 Å². The highest BCUT2D eigenvalue weighted by Crippen LogP contribution is 2.26. The Hall–Kier alpha value is -0.460. The van der Waals surface area contributed by atoms with Crippen molar-refractivity contribution < 1.29 is 12.8 Å². The Labute approximate surface area is 134 Å². The highest BCUT2D eigenvalue weighted by molar-refractivity contribution is 9.10. The van der Waals surface area contributed by atoms with E-state index in [9.17, 15) is 12.8 Å². The predicted molar refractivity (Wildman–Crippen MR) is 86.6 cm³/mol. The molecule has 1 aliphatic heterocycles. The third-order valence-electron chi connectivity index (χ3n) is 3.92. The highest BCUT2D eigenvalue weighted by Gasteiger charge is 2.29. The van der Waals surface area contributed by atoms with E-state index in [-0.39, 0.29) is 17.8 Å². The van der Waals surface area contributed by atoms with Crippen LogP contribution in [-0.4, -0.2) is 32.5 Å². The Morgan fingerprint density at radius 1 is 1.48 bits per heavy atom. The van der Waals surface area contributed by atoms with E-state index in [1.807, 2.05) is 6.92 Å². The topological polar surface area (TPSA) is 46.2 Å². The number of likely N-dealkylation sites (N-methyl/N-ethyl adjacent to an activating group) is 1. The molecule has 1 aliphatic rings. The second kappa shape index (κ2) is 7.20. The summed E-state index contributed by atoms with van der Waals surface area (Å²) in [6, 6.07) is 4.94. The molecule has 0 amide bonds. The third kappa shape index (κ3) is 5.04. The van der Waals surface area contributed by atoms with Crippen LogP contribution in [0.15, 0.2) is 22.7 Å². The van der Waals surface area contributed by atoms with E-state index < -0.39 is 9.84 Å². The van der Waals surface area contributed by atoms with Gasteiger partial charge in [-0.1, -0.05) is 28.9 Å². The summed E-state index contributed by atoms with van der Waals surface area (Å²) in [5.41, 5.74) is 1.04. The molecule has 3 nitrogen and oxygen atoms in total. The molecule has 21 heavy (non-hydrogen) atoms. The Bertz CT molecular complexity index is 591. The number of sulfone groups is 1. The fourth-order valence-electron chi connectivity index (χ4n) is 2.94. The first-order valence-electron chi connectivity index (χ1n) is 7.27. The molecule has 6 heteroatoms. The summed E-state index contributed by atoms with van der Waals surface area (Å²) < 4.78 is 37.0. The standard InChI is InChI=1S/C15H21BrFNO2S/c1-2-18-14(7-11-5-6-21(19,20)10-11)8-12-3-4-13(17)9-15(12)16/h3-4,9,11,14,18H,2,5-8,10H2,1H3. The molecular weight excluding hydrogens is 357 g/mol. The summed E-state index contributed by atoms with van der Waals surface area (Å²) in [4.78, 5) is 0. The molecule has 1 aromatic carbocycles. The van der Waals surface area contributed by atoms with Crippen molar-refractivity contribution >= 4 is 25.8 Å². The number of halogens is 2. The minimum absolute atomic E-state index is 0.218. The molecule has 0 aliphatic carbocycles. The highest BCUT2D eigenvalue weighted by atomic mass is 79.9. The smallest absolute Gasteiger partial charge is 0.150 e. The first kappa shape index (κ1) is 16.9. The summed E-state index contributed by atoms with van der Waals surface area (Å²) >= 11 is 3.39. The molecule has 2 unspecified atom stereocenters. The molecule has 0 bridgehead atoms. The minimum atomic E-state index is -2.83. The largest absolute Gasteiger partial charge is 0.314 e. The zero-order chi connectivity index (χ0) is 15.5. The molecule has 1 heterocycles. The number of benzene rings is 1. The summed E-state index contributed by atoms with van der Waals surface area (Å²) in [6.45, 7) is 2.88. The maximum atomic E-state index is 13.1. The van der Waals surface area contributed by atoms with Gasteiger partial charge in [0.15, 0.2) is 9.84 Å². The minimum Gasteiger partial charge on any atom is -0.314 e. The van der Waals surface area contributed by atoms with Crippen molar-refractivity contribution in [3.63, 3.8) is 0 Å². The molecule has 1 N–H and O–H groups in total. The van der Waals surface area contributed by atoms with E-state index in [0.717, 1.165) is 35.8 Å². The van der Waals surface area contributed by atoms with E-state index in [4.69, 9.17) is 0 Å². The third-order valence-corrected chi connectivity index (χ3v) is 6.49. The first-order chi connectivity index (χ1) is 9.89. The fourth-order valence-corrected chi connectivity index (χ4v) is 5.33. The molecule has 1 fully saturated rings. The van der Waals surface area contributed by atoms with Gasteiger partial charge in [0.2, 0.25) is 0 Å². The molecule has 2 atom stereocenters. The molecule has 0 aromatic heterocycles. The van der Waals surface area contributed by atoms with Crippen LogP contribution in [0.5, 0.6) is 0 Å². The molecule has 0 saturated carbocycles. The predicted octanol–water partition coefficient (Wildman–Crippen LogP) is 2.93.